The summed E-state index contributed by atoms with van der Waals surface area (Å²) in [6, 6.07) is 0. The number of esters is 1. The Balaban J connectivity index is 3.00. The van der Waals surface area contributed by atoms with Crippen molar-refractivity contribution in [1.82, 2.24) is 9.97 Å². The van der Waals surface area contributed by atoms with Gasteiger partial charge in [0.15, 0.2) is 11.5 Å². The van der Waals surface area contributed by atoms with Gasteiger partial charge >= 0.3 is 5.97 Å². The fraction of sp³-hybridized carbons (Fsp3) is 0.500. The first-order valence-electron chi connectivity index (χ1n) is 5.09. The summed E-state index contributed by atoms with van der Waals surface area (Å²) >= 11 is 0. The molecule has 0 aliphatic carbocycles. The summed E-state index contributed by atoms with van der Waals surface area (Å²) in [6.45, 7) is 3.62. The zero-order valence-electron chi connectivity index (χ0n) is 9.59. The highest BCUT2D eigenvalue weighted by Crippen LogP contribution is 2.14. The summed E-state index contributed by atoms with van der Waals surface area (Å²) in [6.07, 6.45) is 0.973. The molecule has 88 valence electrons. The van der Waals surface area contributed by atoms with Crippen LogP contribution in [0.2, 0.25) is 0 Å². The highest BCUT2D eigenvalue weighted by molar-refractivity contribution is 5.98. The molecule has 2 N–H and O–H groups in total. The maximum atomic E-state index is 11.4. The van der Waals surface area contributed by atoms with Crippen LogP contribution in [0.5, 0.6) is 0 Å². The molecule has 0 radical (unpaired) electrons. The lowest BCUT2D eigenvalue weighted by atomic mass is 10.4. The summed E-state index contributed by atoms with van der Waals surface area (Å²) in [5.41, 5.74) is 0.182. The number of nitrogens with zero attached hydrogens (tertiary/aromatic N) is 1. The van der Waals surface area contributed by atoms with Gasteiger partial charge in [0.2, 0.25) is 5.91 Å². The van der Waals surface area contributed by atoms with Gasteiger partial charge in [0, 0.05) is 12.8 Å². The topological polar surface area (TPSA) is 84.1 Å². The van der Waals surface area contributed by atoms with Gasteiger partial charge in [-0.1, -0.05) is 13.8 Å². The van der Waals surface area contributed by atoms with Crippen LogP contribution in [0.25, 0.3) is 0 Å². The molecule has 1 aromatic rings. The van der Waals surface area contributed by atoms with Crippen molar-refractivity contribution in [2.45, 2.75) is 26.7 Å². The first kappa shape index (κ1) is 12.2. The number of H-pyrrole nitrogens is 1. The summed E-state index contributed by atoms with van der Waals surface area (Å²) in [7, 11) is 1.28. The number of aromatic amines is 1. The molecule has 0 aliphatic heterocycles. The van der Waals surface area contributed by atoms with Gasteiger partial charge < -0.3 is 15.0 Å². The molecule has 1 heterocycles. The number of hydrogen-bond acceptors (Lipinski definition) is 4. The molecule has 0 saturated heterocycles. The lowest BCUT2D eigenvalue weighted by Gasteiger charge is -2.01. The SMILES string of the molecule is CCC(=O)Nc1nc(CC)[nH]c1C(=O)OC. The molecule has 0 atom stereocenters. The van der Waals surface area contributed by atoms with Gasteiger partial charge in [-0.05, 0) is 0 Å². The summed E-state index contributed by atoms with van der Waals surface area (Å²) in [4.78, 5) is 29.5. The van der Waals surface area contributed by atoms with Crippen LogP contribution in [-0.4, -0.2) is 29.0 Å². The van der Waals surface area contributed by atoms with E-state index in [1.54, 1.807) is 6.92 Å². The number of hydrogen-bond donors (Lipinski definition) is 2. The Labute approximate surface area is 93.4 Å². The van der Waals surface area contributed by atoms with Gasteiger partial charge in [-0.2, -0.15) is 0 Å². The van der Waals surface area contributed by atoms with E-state index < -0.39 is 5.97 Å². The third kappa shape index (κ3) is 2.59. The molecule has 0 unspecified atom stereocenters. The van der Waals surface area contributed by atoms with E-state index in [1.165, 1.54) is 7.11 Å². The van der Waals surface area contributed by atoms with Gasteiger partial charge in [-0.3, -0.25) is 4.79 Å². The molecular weight excluding hydrogens is 210 g/mol. The van der Waals surface area contributed by atoms with Crippen LogP contribution >= 0.6 is 0 Å². The Morgan fingerprint density at radius 3 is 2.62 bits per heavy atom. The number of rotatable bonds is 4. The number of aryl methyl sites for hydroxylation is 1. The third-order valence-electron chi connectivity index (χ3n) is 2.06. The maximum Gasteiger partial charge on any atom is 0.358 e. The number of carbonyl (C=O) groups is 2. The molecule has 0 spiro atoms. The predicted octanol–water partition coefficient (Wildman–Crippen LogP) is 1.11. The molecule has 1 rings (SSSR count). The van der Waals surface area contributed by atoms with Crippen molar-refractivity contribution in [1.29, 1.82) is 0 Å². The van der Waals surface area contributed by atoms with E-state index in [-0.39, 0.29) is 17.4 Å². The molecule has 1 amide bonds. The normalized spacial score (nSPS) is 9.94. The number of carbonyl (C=O) groups excluding carboxylic acids is 2. The molecule has 0 aliphatic rings. The predicted molar refractivity (Wildman–Crippen MR) is 58.2 cm³/mol. The molecule has 6 nitrogen and oxygen atoms in total. The molecule has 0 fully saturated rings. The third-order valence-corrected chi connectivity index (χ3v) is 2.06. The summed E-state index contributed by atoms with van der Waals surface area (Å²) < 4.78 is 4.59. The molecule has 1 aromatic heterocycles. The van der Waals surface area contributed by atoms with Crippen molar-refractivity contribution in [2.75, 3.05) is 12.4 Å². The van der Waals surface area contributed by atoms with E-state index in [0.717, 1.165) is 0 Å². The Kier molecular flexibility index (Phi) is 4.04. The number of imidazole rings is 1. The minimum absolute atomic E-state index is 0.182. The van der Waals surface area contributed by atoms with Gasteiger partial charge in [0.1, 0.15) is 5.82 Å². The van der Waals surface area contributed by atoms with E-state index in [2.05, 4.69) is 20.0 Å². The van der Waals surface area contributed by atoms with Crippen LogP contribution < -0.4 is 5.32 Å². The van der Waals surface area contributed by atoms with Crippen LogP contribution in [0.3, 0.4) is 0 Å². The van der Waals surface area contributed by atoms with E-state index in [1.807, 2.05) is 6.92 Å². The van der Waals surface area contributed by atoms with E-state index >= 15 is 0 Å². The van der Waals surface area contributed by atoms with Crippen molar-refractivity contribution >= 4 is 17.7 Å². The van der Waals surface area contributed by atoms with E-state index in [4.69, 9.17) is 0 Å². The first-order valence-corrected chi connectivity index (χ1v) is 5.09. The minimum atomic E-state index is -0.543. The van der Waals surface area contributed by atoms with Crippen LogP contribution in [-0.2, 0) is 16.0 Å². The largest absolute Gasteiger partial charge is 0.464 e. The van der Waals surface area contributed by atoms with E-state index in [9.17, 15) is 9.59 Å². The number of methoxy groups -OCH3 is 1. The van der Waals surface area contributed by atoms with Crippen molar-refractivity contribution < 1.29 is 14.3 Å². The Morgan fingerprint density at radius 1 is 1.44 bits per heavy atom. The molecule has 0 bridgehead atoms. The standard InChI is InChI=1S/C10H15N3O3/c1-4-6-11-8(10(15)16-3)9(12-6)13-7(14)5-2/h4-5H2,1-3H3,(H,11,12)(H,13,14). The van der Waals surface area contributed by atoms with Crippen molar-refractivity contribution in [3.05, 3.63) is 11.5 Å². The van der Waals surface area contributed by atoms with Crippen molar-refractivity contribution in [3.63, 3.8) is 0 Å². The van der Waals surface area contributed by atoms with Crippen LogP contribution in [0.4, 0.5) is 5.82 Å². The highest BCUT2D eigenvalue weighted by atomic mass is 16.5. The Hall–Kier alpha value is -1.85. The maximum absolute atomic E-state index is 11.4. The van der Waals surface area contributed by atoms with Crippen molar-refractivity contribution in [3.8, 4) is 0 Å². The highest BCUT2D eigenvalue weighted by Gasteiger charge is 2.18. The fourth-order valence-corrected chi connectivity index (χ4v) is 1.15. The van der Waals surface area contributed by atoms with Crippen LogP contribution in [0.1, 0.15) is 36.6 Å². The Morgan fingerprint density at radius 2 is 2.12 bits per heavy atom. The lowest BCUT2D eigenvalue weighted by molar-refractivity contribution is -0.115. The van der Waals surface area contributed by atoms with Gasteiger partial charge in [0.05, 0.1) is 7.11 Å². The zero-order valence-corrected chi connectivity index (χ0v) is 9.59. The fourth-order valence-electron chi connectivity index (χ4n) is 1.15. The molecule has 0 aromatic carbocycles. The number of aromatic nitrogens is 2. The number of ether oxygens (including phenoxy) is 1. The average Bonchev–Trinajstić information content (AvgIpc) is 2.71. The first-order chi connectivity index (χ1) is 7.62. The van der Waals surface area contributed by atoms with Crippen molar-refractivity contribution in [2.24, 2.45) is 0 Å². The smallest absolute Gasteiger partial charge is 0.358 e. The number of nitrogens with one attached hydrogen (secondary N) is 2. The molecular formula is C10H15N3O3. The Bertz CT molecular complexity index is 398. The second-order valence-electron chi connectivity index (χ2n) is 3.15. The number of amides is 1. The molecule has 0 saturated carbocycles. The number of anilines is 1. The van der Waals surface area contributed by atoms with Crippen LogP contribution in [0, 0.1) is 0 Å². The second-order valence-corrected chi connectivity index (χ2v) is 3.15. The lowest BCUT2D eigenvalue weighted by Crippen LogP contribution is -2.13. The van der Waals surface area contributed by atoms with Crippen LogP contribution in [0.15, 0.2) is 0 Å². The van der Waals surface area contributed by atoms with Gasteiger partial charge in [0.25, 0.3) is 0 Å². The monoisotopic (exact) mass is 225 g/mol. The quantitative estimate of drug-likeness (QED) is 0.752. The van der Waals surface area contributed by atoms with Gasteiger partial charge in [-0.25, -0.2) is 9.78 Å². The second kappa shape index (κ2) is 5.29. The zero-order chi connectivity index (χ0) is 12.1. The summed E-state index contributed by atoms with van der Waals surface area (Å²) in [5, 5.41) is 2.55. The molecule has 16 heavy (non-hydrogen) atoms. The minimum Gasteiger partial charge on any atom is -0.464 e. The summed E-state index contributed by atoms with van der Waals surface area (Å²) in [5.74, 6) is 0.125. The van der Waals surface area contributed by atoms with Gasteiger partial charge in [-0.15, -0.1) is 0 Å². The van der Waals surface area contributed by atoms with E-state index in [0.29, 0.717) is 18.7 Å². The average molecular weight is 225 g/mol. The molecule has 6 heteroatoms.